The van der Waals surface area contributed by atoms with Crippen LogP contribution in [0.4, 0.5) is 0 Å². The van der Waals surface area contributed by atoms with Crippen LogP contribution in [0.2, 0.25) is 0 Å². The Balaban J connectivity index is 0.943. The molecule has 8 aromatic carbocycles. The summed E-state index contributed by atoms with van der Waals surface area (Å²) in [4.78, 5) is 9.97. The van der Waals surface area contributed by atoms with E-state index >= 15 is 0 Å². The molecule has 1 aromatic heterocycles. The summed E-state index contributed by atoms with van der Waals surface area (Å²) in [6, 6.07) is 67.4. The van der Waals surface area contributed by atoms with E-state index in [0.717, 1.165) is 16.7 Å². The van der Waals surface area contributed by atoms with Crippen LogP contribution in [-0.2, 0) is 12.0 Å². The maximum atomic E-state index is 6.53. The Bertz CT molecular complexity index is 3390. The molecule has 4 heteroatoms. The lowest BCUT2D eigenvalue weighted by Crippen LogP contribution is -2.26. The smallest absolute Gasteiger partial charge is 0.157 e. The monoisotopic (exact) mass is 825 g/mol. The molecule has 2 aliphatic carbocycles. The van der Waals surface area contributed by atoms with Crippen molar-refractivity contribution in [1.82, 2.24) is 0 Å². The highest BCUT2D eigenvalue weighted by molar-refractivity contribution is 7.25. The number of hydrogen-bond acceptors (Lipinski definition) is 2. The van der Waals surface area contributed by atoms with Crippen LogP contribution < -0.4 is 5.73 Å². The second-order valence-corrected chi connectivity index (χ2v) is 17.4. The highest BCUT2D eigenvalue weighted by Gasteiger charge is 2.51. The van der Waals surface area contributed by atoms with Crippen molar-refractivity contribution >= 4 is 48.8 Å². The number of benzene rings is 8. The molecule has 11 rings (SSSR count). The molecule has 3 nitrogen and oxygen atoms in total. The van der Waals surface area contributed by atoms with Gasteiger partial charge in [0.15, 0.2) is 5.84 Å². The van der Waals surface area contributed by atoms with Gasteiger partial charge in [0.05, 0.1) is 12.0 Å². The molecule has 0 saturated carbocycles. The number of amidine groups is 2. The second kappa shape index (κ2) is 15.7. The zero-order chi connectivity index (χ0) is 42.5. The van der Waals surface area contributed by atoms with E-state index in [1.807, 2.05) is 78.1 Å². The largest absolute Gasteiger partial charge is 0.383 e. The van der Waals surface area contributed by atoms with Crippen molar-refractivity contribution in [2.75, 3.05) is 0 Å². The fourth-order valence-corrected chi connectivity index (χ4v) is 11.1. The van der Waals surface area contributed by atoms with Crippen molar-refractivity contribution in [3.05, 3.63) is 257 Å². The molecule has 0 saturated heterocycles. The van der Waals surface area contributed by atoms with E-state index in [2.05, 4.69) is 153 Å². The van der Waals surface area contributed by atoms with Crippen LogP contribution in [0.3, 0.4) is 0 Å². The molecule has 300 valence electrons. The van der Waals surface area contributed by atoms with Crippen LogP contribution >= 0.6 is 11.3 Å². The molecule has 1 heterocycles. The number of rotatable bonds is 8. The number of aliphatic imine (C=N–C) groups is 2. The summed E-state index contributed by atoms with van der Waals surface area (Å²) in [5.41, 5.74) is 24.4. The van der Waals surface area contributed by atoms with E-state index in [4.69, 9.17) is 15.7 Å². The van der Waals surface area contributed by atoms with E-state index < -0.39 is 0 Å². The summed E-state index contributed by atoms with van der Waals surface area (Å²) in [6.07, 6.45) is 6.23. The Morgan fingerprint density at radius 2 is 1.19 bits per heavy atom. The lowest BCUT2D eigenvalue weighted by Gasteiger charge is -2.31. The van der Waals surface area contributed by atoms with Crippen molar-refractivity contribution in [2.24, 2.45) is 15.7 Å². The molecule has 1 unspecified atom stereocenters. The Morgan fingerprint density at radius 3 is 1.92 bits per heavy atom. The van der Waals surface area contributed by atoms with Gasteiger partial charge in [-0.3, -0.25) is 4.99 Å². The molecule has 0 radical (unpaired) electrons. The molecule has 0 aliphatic heterocycles. The molecule has 2 aliphatic rings. The van der Waals surface area contributed by atoms with Crippen LogP contribution in [-0.4, -0.2) is 11.7 Å². The van der Waals surface area contributed by atoms with Gasteiger partial charge in [-0.2, -0.15) is 0 Å². The summed E-state index contributed by atoms with van der Waals surface area (Å²) < 4.78 is 2.50. The molecular weight excluding hydrogens is 783 g/mol. The first-order valence-corrected chi connectivity index (χ1v) is 22.2. The highest BCUT2D eigenvalue weighted by Crippen LogP contribution is 2.62. The SMILES string of the molecule is C=C/C=C\C1=C(C)c2ccccc2C12c1ccccc1-c1cc(-c3ccc(-c4ccc5sc6cccc(CN=C(N=C(N)c7ccccc7)c7ccccc7)c6c5c4)cc3)ccc12. The van der Waals surface area contributed by atoms with Crippen LogP contribution in [0.5, 0.6) is 0 Å². The van der Waals surface area contributed by atoms with E-state index in [9.17, 15) is 0 Å². The Hall–Kier alpha value is -7.66. The van der Waals surface area contributed by atoms with Crippen LogP contribution in [0, 0.1) is 0 Å². The van der Waals surface area contributed by atoms with Crippen molar-refractivity contribution in [2.45, 2.75) is 18.9 Å². The third-order valence-corrected chi connectivity index (χ3v) is 14.0. The average molecular weight is 826 g/mol. The van der Waals surface area contributed by atoms with Gasteiger partial charge < -0.3 is 5.73 Å². The number of nitrogens with zero attached hydrogens (tertiary/aromatic N) is 2. The number of thiophene rings is 1. The lowest BCUT2D eigenvalue weighted by molar-refractivity contribution is 0.786. The third kappa shape index (κ3) is 6.33. The van der Waals surface area contributed by atoms with E-state index in [0.29, 0.717) is 18.2 Å². The van der Waals surface area contributed by atoms with Gasteiger partial charge in [-0.1, -0.05) is 189 Å². The lowest BCUT2D eigenvalue weighted by atomic mass is 9.69. The Morgan fingerprint density at radius 1 is 0.587 bits per heavy atom. The molecular formula is C59H43N3S. The van der Waals surface area contributed by atoms with Crippen LogP contribution in [0.25, 0.3) is 59.1 Å². The maximum Gasteiger partial charge on any atom is 0.157 e. The first-order chi connectivity index (χ1) is 31.0. The van der Waals surface area contributed by atoms with Crippen molar-refractivity contribution in [3.63, 3.8) is 0 Å². The standard InChI is InChI=1S/C59H43N3S/c1-3-4-23-50-38(2)46-21-11-13-24-51(46)59(50)52-25-14-12-22-47(52)48-35-43(31-33-53(48)59)39-27-29-40(30-28-39)44-32-34-54-49(36-44)56-45(20-15-26-55(56)63-54)37-61-58(42-18-9-6-10-19-42)62-57(60)41-16-7-5-8-17-41/h3-36H,1,37H2,2H3,(H2,60,61,62)/b23-4-. The first-order valence-electron chi connectivity index (χ1n) is 21.4. The third-order valence-electron chi connectivity index (χ3n) is 12.8. The minimum atomic E-state index is -0.375. The van der Waals surface area contributed by atoms with Gasteiger partial charge in [0, 0.05) is 31.3 Å². The molecule has 1 spiro atoms. The van der Waals surface area contributed by atoms with Gasteiger partial charge in [-0.25, -0.2) is 4.99 Å². The predicted octanol–water partition coefficient (Wildman–Crippen LogP) is 14.6. The minimum Gasteiger partial charge on any atom is -0.383 e. The van der Waals surface area contributed by atoms with Crippen molar-refractivity contribution in [1.29, 1.82) is 0 Å². The summed E-state index contributed by atoms with van der Waals surface area (Å²) in [5, 5.41) is 2.48. The summed E-state index contributed by atoms with van der Waals surface area (Å²) in [5.74, 6) is 1.06. The zero-order valence-corrected chi connectivity index (χ0v) is 35.7. The second-order valence-electron chi connectivity index (χ2n) is 16.3. The van der Waals surface area contributed by atoms with Crippen molar-refractivity contribution in [3.8, 4) is 33.4 Å². The quantitative estimate of drug-likeness (QED) is 0.0926. The summed E-state index contributed by atoms with van der Waals surface area (Å²) >= 11 is 1.82. The van der Waals surface area contributed by atoms with Gasteiger partial charge in [-0.05, 0) is 104 Å². The average Bonchev–Trinajstić information content (AvgIpc) is 3.95. The van der Waals surface area contributed by atoms with Gasteiger partial charge >= 0.3 is 0 Å². The topological polar surface area (TPSA) is 50.7 Å². The maximum absolute atomic E-state index is 6.53. The van der Waals surface area contributed by atoms with Crippen LogP contribution in [0.1, 0.15) is 45.9 Å². The summed E-state index contributed by atoms with van der Waals surface area (Å²) in [7, 11) is 0. The van der Waals surface area contributed by atoms with E-state index in [1.165, 1.54) is 87.0 Å². The highest BCUT2D eigenvalue weighted by atomic mass is 32.1. The summed E-state index contributed by atoms with van der Waals surface area (Å²) in [6.45, 7) is 6.75. The Labute approximate surface area is 372 Å². The molecule has 2 N–H and O–H groups in total. The molecule has 9 aromatic rings. The van der Waals surface area contributed by atoms with Gasteiger partial charge in [-0.15, -0.1) is 11.3 Å². The van der Waals surface area contributed by atoms with Crippen LogP contribution in [0.15, 0.2) is 228 Å². The number of hydrogen-bond donors (Lipinski definition) is 1. The number of nitrogens with two attached hydrogens (primary N) is 1. The van der Waals surface area contributed by atoms with E-state index in [1.54, 1.807) is 0 Å². The molecule has 63 heavy (non-hydrogen) atoms. The van der Waals surface area contributed by atoms with E-state index in [-0.39, 0.29) is 5.41 Å². The fourth-order valence-electron chi connectivity index (χ4n) is 9.96. The molecule has 1 atom stereocenters. The first kappa shape index (κ1) is 38.3. The zero-order valence-electron chi connectivity index (χ0n) is 34.9. The Kier molecular flexibility index (Phi) is 9.52. The number of fused-ring (bicyclic) bond motifs is 10. The van der Waals surface area contributed by atoms with Crippen molar-refractivity contribution < 1.29 is 0 Å². The van der Waals surface area contributed by atoms with Gasteiger partial charge in [0.25, 0.3) is 0 Å². The van der Waals surface area contributed by atoms with Gasteiger partial charge in [0.1, 0.15) is 5.84 Å². The molecule has 0 fully saturated rings. The molecule has 0 amide bonds. The normalized spacial score (nSPS) is 15.7. The van der Waals surface area contributed by atoms with Gasteiger partial charge in [0.2, 0.25) is 0 Å². The minimum absolute atomic E-state index is 0.375. The predicted molar refractivity (Wildman–Crippen MR) is 268 cm³/mol. The molecule has 0 bridgehead atoms. The fraction of sp³-hybridized carbons (Fsp3) is 0.0508. The number of allylic oxidation sites excluding steroid dienone is 5.